The Bertz CT molecular complexity index is 1200. The molecule has 4 rings (SSSR count). The van der Waals surface area contributed by atoms with E-state index in [0.29, 0.717) is 27.9 Å². The number of rotatable bonds is 7. The summed E-state index contributed by atoms with van der Waals surface area (Å²) in [6.45, 7) is 0.0535. The van der Waals surface area contributed by atoms with Gasteiger partial charge in [-0.15, -0.1) is 11.3 Å². The maximum absolute atomic E-state index is 12.4. The highest BCUT2D eigenvalue weighted by atomic mass is 35.5. The zero-order valence-corrected chi connectivity index (χ0v) is 18.3. The van der Waals surface area contributed by atoms with Gasteiger partial charge in [0.2, 0.25) is 0 Å². The lowest BCUT2D eigenvalue weighted by molar-refractivity contribution is 0.0461. The molecule has 0 unspecified atom stereocenters. The molecule has 2 heterocycles. The Morgan fingerprint density at radius 3 is 2.52 bits per heavy atom. The van der Waals surface area contributed by atoms with Crippen LogP contribution in [0.2, 0.25) is 5.02 Å². The highest BCUT2D eigenvalue weighted by Gasteiger charge is 2.14. The average molecular weight is 456 g/mol. The number of carbonyl (C=O) groups excluding carboxylic acids is 1. The molecule has 0 aliphatic heterocycles. The van der Waals surface area contributed by atoms with Crippen LogP contribution in [0.4, 0.5) is 0 Å². The van der Waals surface area contributed by atoms with Crippen LogP contribution in [0, 0.1) is 0 Å². The van der Waals surface area contributed by atoms with Gasteiger partial charge in [-0.2, -0.15) is 5.10 Å². The number of aromatic nitrogens is 3. The van der Waals surface area contributed by atoms with Crippen LogP contribution in [0.3, 0.4) is 0 Å². The first-order valence-corrected chi connectivity index (χ1v) is 10.5. The van der Waals surface area contributed by atoms with Gasteiger partial charge >= 0.3 is 5.97 Å². The van der Waals surface area contributed by atoms with Crippen LogP contribution >= 0.6 is 22.9 Å². The van der Waals surface area contributed by atoms with E-state index in [1.54, 1.807) is 32.4 Å². The van der Waals surface area contributed by atoms with Gasteiger partial charge in [-0.1, -0.05) is 23.7 Å². The largest absolute Gasteiger partial charge is 0.493 e. The van der Waals surface area contributed by atoms with Gasteiger partial charge in [-0.3, -0.25) is 5.10 Å². The molecule has 0 aliphatic carbocycles. The number of nitrogens with zero attached hydrogens (tertiary/aromatic N) is 2. The number of hydrogen-bond donors (Lipinski definition) is 1. The fourth-order valence-corrected chi connectivity index (χ4v) is 3.81. The summed E-state index contributed by atoms with van der Waals surface area (Å²) in [6.07, 6.45) is 0. The first kappa shape index (κ1) is 20.9. The SMILES string of the molecule is COc1ccc(-c2nc(COC(=O)c3cc(-c4ccc(Cl)cc4)n[nH]3)cs2)cc1OC. The van der Waals surface area contributed by atoms with Gasteiger partial charge in [0.25, 0.3) is 0 Å². The van der Waals surface area contributed by atoms with Gasteiger partial charge < -0.3 is 14.2 Å². The van der Waals surface area contributed by atoms with Crippen LogP contribution < -0.4 is 9.47 Å². The van der Waals surface area contributed by atoms with Crippen LogP contribution in [-0.2, 0) is 11.3 Å². The summed E-state index contributed by atoms with van der Waals surface area (Å²) in [4.78, 5) is 16.9. The van der Waals surface area contributed by atoms with E-state index >= 15 is 0 Å². The van der Waals surface area contributed by atoms with E-state index in [2.05, 4.69) is 15.2 Å². The highest BCUT2D eigenvalue weighted by molar-refractivity contribution is 7.13. The first-order valence-electron chi connectivity index (χ1n) is 9.22. The molecule has 0 radical (unpaired) electrons. The third kappa shape index (κ3) is 4.70. The Morgan fingerprint density at radius 2 is 1.77 bits per heavy atom. The molecule has 0 amide bonds. The van der Waals surface area contributed by atoms with Crippen LogP contribution in [0.15, 0.2) is 53.9 Å². The van der Waals surface area contributed by atoms with Crippen molar-refractivity contribution in [3.8, 4) is 33.3 Å². The second-order valence-electron chi connectivity index (χ2n) is 6.46. The van der Waals surface area contributed by atoms with Crippen molar-refractivity contribution in [2.24, 2.45) is 0 Å². The number of halogens is 1. The number of hydrogen-bond acceptors (Lipinski definition) is 7. The van der Waals surface area contributed by atoms with Gasteiger partial charge in [0.05, 0.1) is 25.6 Å². The van der Waals surface area contributed by atoms with E-state index in [1.165, 1.54) is 11.3 Å². The highest BCUT2D eigenvalue weighted by Crippen LogP contribution is 2.33. The van der Waals surface area contributed by atoms with Crippen LogP contribution in [-0.4, -0.2) is 35.4 Å². The lowest BCUT2D eigenvalue weighted by Crippen LogP contribution is -2.05. The number of aromatic amines is 1. The predicted octanol–water partition coefficient (Wildman–Crippen LogP) is 5.23. The average Bonchev–Trinajstić information content (AvgIpc) is 3.48. The van der Waals surface area contributed by atoms with Gasteiger partial charge in [0.15, 0.2) is 11.5 Å². The Hall–Kier alpha value is -3.36. The number of esters is 1. The summed E-state index contributed by atoms with van der Waals surface area (Å²) in [6, 6.07) is 14.4. The molecule has 4 aromatic rings. The molecule has 2 aromatic heterocycles. The Morgan fingerprint density at radius 1 is 1.03 bits per heavy atom. The number of carbonyl (C=O) groups is 1. The molecule has 0 fully saturated rings. The third-order valence-electron chi connectivity index (χ3n) is 4.47. The quantitative estimate of drug-likeness (QED) is 0.384. The normalized spacial score (nSPS) is 10.7. The molecule has 7 nitrogen and oxygen atoms in total. The molecule has 0 bridgehead atoms. The van der Waals surface area contributed by atoms with Crippen LogP contribution in [0.1, 0.15) is 16.2 Å². The zero-order chi connectivity index (χ0) is 21.8. The molecule has 0 spiro atoms. The van der Waals surface area contributed by atoms with E-state index in [1.807, 2.05) is 35.7 Å². The minimum Gasteiger partial charge on any atom is -0.493 e. The molecule has 0 atom stereocenters. The summed E-state index contributed by atoms with van der Waals surface area (Å²) in [5, 5.41) is 10.1. The number of benzene rings is 2. The summed E-state index contributed by atoms with van der Waals surface area (Å²) in [5.41, 5.74) is 3.29. The second kappa shape index (κ2) is 9.20. The molecule has 1 N–H and O–H groups in total. The zero-order valence-electron chi connectivity index (χ0n) is 16.7. The minimum absolute atomic E-state index is 0.0535. The molecular formula is C22H18ClN3O4S. The van der Waals surface area contributed by atoms with E-state index in [0.717, 1.165) is 16.1 Å². The van der Waals surface area contributed by atoms with Crippen LogP contribution in [0.5, 0.6) is 11.5 Å². The molecule has 31 heavy (non-hydrogen) atoms. The van der Waals surface area contributed by atoms with Crippen molar-refractivity contribution in [2.45, 2.75) is 6.61 Å². The maximum Gasteiger partial charge on any atom is 0.356 e. The van der Waals surface area contributed by atoms with Crippen molar-refractivity contribution >= 4 is 28.9 Å². The number of methoxy groups -OCH3 is 2. The van der Waals surface area contributed by atoms with Gasteiger partial charge in [-0.05, 0) is 36.4 Å². The maximum atomic E-state index is 12.4. The molecule has 158 valence electrons. The summed E-state index contributed by atoms with van der Waals surface area (Å²) < 4.78 is 16.0. The van der Waals surface area contributed by atoms with Crippen molar-refractivity contribution < 1.29 is 19.0 Å². The van der Waals surface area contributed by atoms with Crippen molar-refractivity contribution in [2.75, 3.05) is 14.2 Å². The van der Waals surface area contributed by atoms with Crippen molar-refractivity contribution in [3.05, 3.63) is 70.3 Å². The van der Waals surface area contributed by atoms with Crippen molar-refractivity contribution in [3.63, 3.8) is 0 Å². The van der Waals surface area contributed by atoms with Crippen molar-refractivity contribution in [1.29, 1.82) is 0 Å². The minimum atomic E-state index is -0.506. The van der Waals surface area contributed by atoms with Gasteiger partial charge in [-0.25, -0.2) is 9.78 Å². The fraction of sp³-hybridized carbons (Fsp3) is 0.136. The Balaban J connectivity index is 1.41. The Labute approximate surface area is 187 Å². The van der Waals surface area contributed by atoms with E-state index < -0.39 is 5.97 Å². The van der Waals surface area contributed by atoms with Crippen molar-refractivity contribution in [1.82, 2.24) is 15.2 Å². The smallest absolute Gasteiger partial charge is 0.356 e. The topological polar surface area (TPSA) is 86.3 Å². The number of ether oxygens (including phenoxy) is 3. The molecule has 0 saturated carbocycles. The molecule has 9 heteroatoms. The number of thiazole rings is 1. The van der Waals surface area contributed by atoms with Gasteiger partial charge in [0, 0.05) is 21.5 Å². The molecule has 0 saturated heterocycles. The number of H-pyrrole nitrogens is 1. The second-order valence-corrected chi connectivity index (χ2v) is 7.76. The lowest BCUT2D eigenvalue weighted by atomic mass is 10.1. The van der Waals surface area contributed by atoms with Gasteiger partial charge in [0.1, 0.15) is 17.3 Å². The summed E-state index contributed by atoms with van der Waals surface area (Å²) in [5.74, 6) is 0.766. The predicted molar refractivity (Wildman–Crippen MR) is 119 cm³/mol. The lowest BCUT2D eigenvalue weighted by Gasteiger charge is -2.08. The van der Waals surface area contributed by atoms with Crippen LogP contribution in [0.25, 0.3) is 21.8 Å². The first-order chi connectivity index (χ1) is 15.1. The number of nitrogens with one attached hydrogen (secondary N) is 1. The Kier molecular flexibility index (Phi) is 6.20. The van der Waals surface area contributed by atoms with E-state index in [9.17, 15) is 4.79 Å². The summed E-state index contributed by atoms with van der Waals surface area (Å²) in [7, 11) is 3.17. The van der Waals surface area contributed by atoms with E-state index in [-0.39, 0.29) is 12.3 Å². The standard InChI is InChI=1S/C22H18ClN3O4S/c1-28-19-8-5-14(9-20(19)29-2)21-24-16(12-31-21)11-30-22(27)18-10-17(25-26-18)13-3-6-15(23)7-4-13/h3-10,12H,11H2,1-2H3,(H,25,26). The molecular weight excluding hydrogens is 438 g/mol. The molecule has 0 aliphatic rings. The summed E-state index contributed by atoms with van der Waals surface area (Å²) >= 11 is 7.36. The monoisotopic (exact) mass is 455 g/mol. The van der Waals surface area contributed by atoms with E-state index in [4.69, 9.17) is 25.8 Å². The molecule has 2 aromatic carbocycles. The fourth-order valence-electron chi connectivity index (χ4n) is 2.89. The third-order valence-corrected chi connectivity index (χ3v) is 5.66.